The molecule has 1 aromatic carbocycles. The number of para-hydroxylation sites is 1. The molecule has 1 aromatic rings. The molecule has 33 heavy (non-hydrogen) atoms. The van der Waals surface area contributed by atoms with Crippen molar-refractivity contribution in [2.75, 3.05) is 0 Å². The summed E-state index contributed by atoms with van der Waals surface area (Å²) in [4.78, 5) is 10.8. The van der Waals surface area contributed by atoms with E-state index in [0.29, 0.717) is 23.7 Å². The van der Waals surface area contributed by atoms with Gasteiger partial charge in [-0.1, -0.05) is 76.1 Å². The number of aliphatic hydroxyl groups is 2. The Hall–Kier alpha value is -2.11. The molecule has 0 radical (unpaired) electrons. The molecule has 3 N–H and O–H groups in total. The van der Waals surface area contributed by atoms with Gasteiger partial charge in [0.25, 0.3) is 5.79 Å². The summed E-state index contributed by atoms with van der Waals surface area (Å²) in [5.41, 5.74) is 0.311. The molecular weight excluding hydrogens is 416 g/mol. The molecule has 1 aliphatic rings. The minimum Gasteiger partial charge on any atom is -0.490 e. The van der Waals surface area contributed by atoms with Crippen LogP contribution in [0.4, 0.5) is 0 Å². The molecule has 0 aromatic heterocycles. The summed E-state index contributed by atoms with van der Waals surface area (Å²) >= 11 is 0. The van der Waals surface area contributed by atoms with E-state index in [1.54, 1.807) is 0 Å². The van der Waals surface area contributed by atoms with Gasteiger partial charge in [-0.3, -0.25) is 0 Å². The second-order valence-corrected chi connectivity index (χ2v) is 10.1. The molecule has 2 rings (SSSR count). The first-order valence-corrected chi connectivity index (χ1v) is 12.4. The number of carbonyl (C=O) groups is 1. The monoisotopic (exact) mass is 458 g/mol. The summed E-state index contributed by atoms with van der Waals surface area (Å²) in [6.07, 6.45) is 16.4. The third kappa shape index (κ3) is 9.34. The van der Waals surface area contributed by atoms with Gasteiger partial charge in [-0.05, 0) is 62.0 Å². The van der Waals surface area contributed by atoms with E-state index < -0.39 is 11.8 Å². The largest absolute Gasteiger partial charge is 0.490 e. The van der Waals surface area contributed by atoms with Gasteiger partial charge in [-0.25, -0.2) is 4.79 Å². The Morgan fingerprint density at radius 3 is 2.48 bits per heavy atom. The molecule has 1 fully saturated rings. The lowest BCUT2D eigenvalue weighted by atomic mass is 9.83. The molecule has 0 spiro atoms. The third-order valence-electron chi connectivity index (χ3n) is 6.68. The highest BCUT2D eigenvalue weighted by molar-refractivity contribution is 5.74. The standard InChI is InChI=1S/C28H42O5/c1-4-5-19-27(2,3)20-12-13-22-17-18-25(33-23-14-8-6-9-15-23)24(22)16-10-7-11-21-28(31,32)26(29)30/h6-10,12-15,22,24-25,31-32H,4-5,11,16-21H2,1-3H3,(H,29,30)/b10-7-,13-12+/t22-,24+,25+/m0/s1. The fourth-order valence-electron chi connectivity index (χ4n) is 4.53. The van der Waals surface area contributed by atoms with Gasteiger partial charge < -0.3 is 20.1 Å². The van der Waals surface area contributed by atoms with Crippen LogP contribution in [0.3, 0.4) is 0 Å². The van der Waals surface area contributed by atoms with Gasteiger partial charge in [0.2, 0.25) is 0 Å². The third-order valence-corrected chi connectivity index (χ3v) is 6.68. The van der Waals surface area contributed by atoms with E-state index >= 15 is 0 Å². The van der Waals surface area contributed by atoms with Gasteiger partial charge in [-0.2, -0.15) is 0 Å². The van der Waals surface area contributed by atoms with Crippen molar-refractivity contribution in [2.45, 2.75) is 90.4 Å². The van der Waals surface area contributed by atoms with E-state index in [1.165, 1.54) is 19.3 Å². The van der Waals surface area contributed by atoms with Crippen molar-refractivity contribution in [3.63, 3.8) is 0 Å². The predicted molar refractivity (Wildman–Crippen MR) is 132 cm³/mol. The molecule has 3 atom stereocenters. The van der Waals surface area contributed by atoms with Gasteiger partial charge in [0.15, 0.2) is 0 Å². The zero-order valence-corrected chi connectivity index (χ0v) is 20.5. The topological polar surface area (TPSA) is 87.0 Å². The Morgan fingerprint density at radius 2 is 1.82 bits per heavy atom. The molecule has 0 amide bonds. The first-order valence-electron chi connectivity index (χ1n) is 12.4. The molecule has 5 heteroatoms. The quantitative estimate of drug-likeness (QED) is 0.231. The zero-order chi connectivity index (χ0) is 24.3. The Labute approximate surface area is 199 Å². The molecule has 1 saturated carbocycles. The number of hydrogen-bond donors (Lipinski definition) is 3. The van der Waals surface area contributed by atoms with Crippen molar-refractivity contribution in [3.05, 3.63) is 54.6 Å². The Bertz CT molecular complexity index is 766. The number of aliphatic carboxylic acids is 1. The summed E-state index contributed by atoms with van der Waals surface area (Å²) in [6.45, 7) is 6.91. The average Bonchev–Trinajstić information content (AvgIpc) is 3.13. The number of allylic oxidation sites excluding steroid dienone is 4. The normalized spacial score (nSPS) is 21.8. The minimum atomic E-state index is -2.67. The van der Waals surface area contributed by atoms with Gasteiger partial charge in [0, 0.05) is 12.3 Å². The smallest absolute Gasteiger partial charge is 0.364 e. The number of carboxylic acid groups (broad SMARTS) is 1. The fourth-order valence-corrected chi connectivity index (χ4v) is 4.53. The van der Waals surface area contributed by atoms with E-state index in [9.17, 15) is 15.0 Å². The molecular formula is C28H42O5. The van der Waals surface area contributed by atoms with Crippen LogP contribution in [0.1, 0.15) is 78.6 Å². The Balaban J connectivity index is 2.00. The molecule has 1 aliphatic carbocycles. The van der Waals surface area contributed by atoms with Crippen LogP contribution in [0.5, 0.6) is 5.75 Å². The Kier molecular flexibility index (Phi) is 10.6. The number of unbranched alkanes of at least 4 members (excludes halogenated alkanes) is 1. The van der Waals surface area contributed by atoms with Crippen LogP contribution >= 0.6 is 0 Å². The highest BCUT2D eigenvalue weighted by Crippen LogP contribution is 2.39. The first kappa shape index (κ1) is 27.1. The highest BCUT2D eigenvalue weighted by atomic mass is 16.5. The van der Waals surface area contributed by atoms with Crippen LogP contribution in [0, 0.1) is 17.3 Å². The van der Waals surface area contributed by atoms with Crippen LogP contribution in [0.15, 0.2) is 54.6 Å². The van der Waals surface area contributed by atoms with Gasteiger partial charge in [0.1, 0.15) is 11.9 Å². The van der Waals surface area contributed by atoms with E-state index in [2.05, 4.69) is 32.9 Å². The van der Waals surface area contributed by atoms with Crippen LogP contribution in [-0.4, -0.2) is 33.2 Å². The number of carboxylic acids is 1. The summed E-state index contributed by atoms with van der Waals surface area (Å²) < 4.78 is 6.34. The second kappa shape index (κ2) is 13.0. The molecule has 0 aliphatic heterocycles. The number of hydrogen-bond acceptors (Lipinski definition) is 4. The van der Waals surface area contributed by atoms with Crippen molar-refractivity contribution in [1.29, 1.82) is 0 Å². The number of benzene rings is 1. The van der Waals surface area contributed by atoms with Crippen molar-refractivity contribution in [2.24, 2.45) is 17.3 Å². The molecule has 0 unspecified atom stereocenters. The van der Waals surface area contributed by atoms with Gasteiger partial charge in [0.05, 0.1) is 0 Å². The number of rotatable bonds is 14. The SMILES string of the molecule is CCCCC(C)(C)C/C=C/[C@H]1CC[C@@H](Oc2ccccc2)[C@@H]1C/C=C\CCC(O)(O)C(=O)O. The maximum Gasteiger partial charge on any atom is 0.364 e. The predicted octanol–water partition coefficient (Wildman–Crippen LogP) is 6.11. The molecule has 5 nitrogen and oxygen atoms in total. The fraction of sp³-hybridized carbons (Fsp3) is 0.607. The van der Waals surface area contributed by atoms with Crippen LogP contribution in [-0.2, 0) is 4.79 Å². The van der Waals surface area contributed by atoms with E-state index in [4.69, 9.17) is 9.84 Å². The summed E-state index contributed by atoms with van der Waals surface area (Å²) in [7, 11) is 0. The second-order valence-electron chi connectivity index (χ2n) is 10.1. The maximum absolute atomic E-state index is 10.8. The van der Waals surface area contributed by atoms with Gasteiger partial charge in [-0.15, -0.1) is 0 Å². The highest BCUT2D eigenvalue weighted by Gasteiger charge is 2.36. The Morgan fingerprint density at radius 1 is 1.09 bits per heavy atom. The van der Waals surface area contributed by atoms with E-state index in [0.717, 1.165) is 31.4 Å². The van der Waals surface area contributed by atoms with Crippen molar-refractivity contribution >= 4 is 5.97 Å². The van der Waals surface area contributed by atoms with Crippen molar-refractivity contribution in [3.8, 4) is 5.75 Å². The maximum atomic E-state index is 10.8. The van der Waals surface area contributed by atoms with E-state index in [-0.39, 0.29) is 12.5 Å². The van der Waals surface area contributed by atoms with Gasteiger partial charge >= 0.3 is 5.97 Å². The lowest BCUT2D eigenvalue weighted by Gasteiger charge is -2.25. The summed E-state index contributed by atoms with van der Waals surface area (Å²) in [5, 5.41) is 27.7. The molecule has 0 saturated heterocycles. The van der Waals surface area contributed by atoms with E-state index in [1.807, 2.05) is 42.5 Å². The average molecular weight is 459 g/mol. The molecule has 184 valence electrons. The van der Waals surface area contributed by atoms with Crippen LogP contribution in [0.25, 0.3) is 0 Å². The lowest BCUT2D eigenvalue weighted by Crippen LogP contribution is -2.37. The first-order chi connectivity index (χ1) is 15.6. The lowest BCUT2D eigenvalue weighted by molar-refractivity contribution is -0.205. The van der Waals surface area contributed by atoms with Crippen LogP contribution < -0.4 is 4.74 Å². The zero-order valence-electron chi connectivity index (χ0n) is 20.5. The van der Waals surface area contributed by atoms with Crippen LogP contribution in [0.2, 0.25) is 0 Å². The van der Waals surface area contributed by atoms with Crippen molar-refractivity contribution in [1.82, 2.24) is 0 Å². The van der Waals surface area contributed by atoms with Crippen molar-refractivity contribution < 1.29 is 24.9 Å². The minimum absolute atomic E-state index is 0.119. The molecule has 0 heterocycles. The summed E-state index contributed by atoms with van der Waals surface area (Å²) in [6, 6.07) is 9.91. The number of ether oxygens (including phenoxy) is 1. The summed E-state index contributed by atoms with van der Waals surface area (Å²) in [5.74, 6) is -2.65. The molecule has 0 bridgehead atoms.